The number of halogens is 1. The Labute approximate surface area is 93.1 Å². The number of rotatable bonds is 1. The highest BCUT2D eigenvalue weighted by molar-refractivity contribution is 6.56. The second-order valence-electron chi connectivity index (χ2n) is 2.68. The molecule has 0 saturated heterocycles. The molecule has 2 rings (SSSR count). The Balaban J connectivity index is 0.000000151. The predicted octanol–water partition coefficient (Wildman–Crippen LogP) is 1.30. The Morgan fingerprint density at radius 3 is 1.93 bits per heavy atom. The molecule has 78 valence electrons. The average molecular weight is 224 g/mol. The molecule has 0 radical (unpaired) electrons. The molecule has 0 bridgehead atoms. The molecule has 15 heavy (non-hydrogen) atoms. The van der Waals surface area contributed by atoms with Crippen LogP contribution in [0.15, 0.2) is 53.1 Å². The fraction of sp³-hybridized carbons (Fsp3) is 0. The molecule has 0 saturated carbocycles. The summed E-state index contributed by atoms with van der Waals surface area (Å²) in [5.41, 5.74) is 0.171. The van der Waals surface area contributed by atoms with Crippen molar-refractivity contribution in [2.24, 2.45) is 0 Å². The van der Waals surface area contributed by atoms with Crippen LogP contribution < -0.4 is 5.66 Å². The van der Waals surface area contributed by atoms with E-state index in [0.717, 1.165) is 5.02 Å². The van der Waals surface area contributed by atoms with E-state index in [2.05, 4.69) is 4.42 Å². The highest BCUT2D eigenvalue weighted by Crippen LogP contribution is 2.03. The van der Waals surface area contributed by atoms with Crippen molar-refractivity contribution in [3.63, 3.8) is 0 Å². The molecule has 0 amide bonds. The first kappa shape index (κ1) is 11.8. The Morgan fingerprint density at radius 2 is 1.67 bits per heavy atom. The van der Waals surface area contributed by atoms with Crippen molar-refractivity contribution in [3.05, 3.63) is 53.8 Å². The third kappa shape index (κ3) is 4.69. The molecule has 1 aromatic heterocycles. The summed E-state index contributed by atoms with van der Waals surface area (Å²) >= 11 is 5.54. The predicted molar refractivity (Wildman–Crippen MR) is 60.0 cm³/mol. The molecule has 2 aromatic rings. The summed E-state index contributed by atoms with van der Waals surface area (Å²) in [4.78, 5) is 0. The molecular weight excluding hydrogens is 214 g/mol. The number of furan rings is 1. The summed E-state index contributed by atoms with van der Waals surface area (Å²) in [5, 5.41) is 17.5. The van der Waals surface area contributed by atoms with Crippen molar-refractivity contribution in [1.82, 2.24) is 0 Å². The molecule has 0 spiro atoms. The molecule has 1 heterocycles. The summed E-state index contributed by atoms with van der Waals surface area (Å²) in [6.07, 6.45) is 1.38. The lowest BCUT2D eigenvalue weighted by Crippen LogP contribution is -2.27. The van der Waals surface area contributed by atoms with E-state index in [0.29, 0.717) is 0 Å². The largest absolute Gasteiger partial charge is 0.526 e. The molecule has 0 aliphatic heterocycles. The van der Waals surface area contributed by atoms with Gasteiger partial charge in [-0.2, -0.15) is 0 Å². The maximum atomic E-state index is 8.37. The van der Waals surface area contributed by atoms with E-state index >= 15 is 0 Å². The third-order valence-electron chi connectivity index (χ3n) is 1.53. The Bertz CT molecular complexity index is 361. The topological polar surface area (TPSA) is 53.6 Å². The Kier molecular flexibility index (Phi) is 4.97. The van der Waals surface area contributed by atoms with Crippen LogP contribution in [0.1, 0.15) is 0 Å². The van der Waals surface area contributed by atoms with E-state index in [1.807, 2.05) is 30.3 Å². The zero-order chi connectivity index (χ0) is 11.1. The van der Waals surface area contributed by atoms with E-state index in [-0.39, 0.29) is 5.66 Å². The van der Waals surface area contributed by atoms with Crippen LogP contribution in [-0.2, 0) is 0 Å². The van der Waals surface area contributed by atoms with Gasteiger partial charge in [0.1, 0.15) is 5.66 Å². The molecule has 0 atom stereocenters. The van der Waals surface area contributed by atoms with E-state index in [1.54, 1.807) is 6.07 Å². The van der Waals surface area contributed by atoms with Gasteiger partial charge in [0.15, 0.2) is 0 Å². The number of hydrogen-bond acceptors (Lipinski definition) is 3. The van der Waals surface area contributed by atoms with Crippen LogP contribution >= 0.6 is 11.6 Å². The average Bonchev–Trinajstić information content (AvgIpc) is 2.72. The van der Waals surface area contributed by atoms with Crippen molar-refractivity contribution in [2.45, 2.75) is 0 Å². The minimum absolute atomic E-state index is 0.171. The smallest absolute Gasteiger partial charge is 0.473 e. The maximum absolute atomic E-state index is 8.37. The van der Waals surface area contributed by atoms with Gasteiger partial charge in [-0.3, -0.25) is 0 Å². The maximum Gasteiger partial charge on any atom is 0.526 e. The van der Waals surface area contributed by atoms with E-state index in [4.69, 9.17) is 21.6 Å². The lowest BCUT2D eigenvalue weighted by Gasteiger charge is -1.86. The SMILES string of the molecule is Clc1ccccc1.OB(O)c1ccco1. The highest BCUT2D eigenvalue weighted by Gasteiger charge is 2.12. The zero-order valence-corrected chi connectivity index (χ0v) is 8.63. The van der Waals surface area contributed by atoms with Crippen LogP contribution in [0, 0.1) is 0 Å². The number of hydrogen-bond donors (Lipinski definition) is 2. The monoisotopic (exact) mass is 224 g/mol. The van der Waals surface area contributed by atoms with Crippen LogP contribution in [0.25, 0.3) is 0 Å². The molecule has 5 heteroatoms. The first-order valence-corrected chi connectivity index (χ1v) is 4.68. The van der Waals surface area contributed by atoms with Gasteiger partial charge in [0.2, 0.25) is 0 Å². The van der Waals surface area contributed by atoms with Gasteiger partial charge in [-0.05, 0) is 24.3 Å². The van der Waals surface area contributed by atoms with Crippen molar-refractivity contribution in [1.29, 1.82) is 0 Å². The van der Waals surface area contributed by atoms with Gasteiger partial charge in [-0.25, -0.2) is 0 Å². The molecule has 0 fully saturated rings. The summed E-state index contributed by atoms with van der Waals surface area (Å²) in [7, 11) is -1.48. The highest BCUT2D eigenvalue weighted by atomic mass is 35.5. The standard InChI is InChI=1S/C6H5Cl.C4H5BO3/c7-6-4-2-1-3-5-6;6-5(7)4-2-1-3-8-4/h1-5H;1-3,6-7H. The molecule has 1 aromatic carbocycles. The van der Waals surface area contributed by atoms with Crippen LogP contribution in [-0.4, -0.2) is 17.2 Å². The third-order valence-corrected chi connectivity index (χ3v) is 1.78. The summed E-state index contributed by atoms with van der Waals surface area (Å²) in [6, 6.07) is 12.5. The van der Waals surface area contributed by atoms with Crippen LogP contribution in [0.3, 0.4) is 0 Å². The Hall–Kier alpha value is -1.23. The first-order chi connectivity index (χ1) is 7.20. The van der Waals surface area contributed by atoms with Crippen molar-refractivity contribution in [3.8, 4) is 0 Å². The van der Waals surface area contributed by atoms with Crippen LogP contribution in [0.2, 0.25) is 5.02 Å². The second-order valence-corrected chi connectivity index (χ2v) is 3.12. The first-order valence-electron chi connectivity index (χ1n) is 4.30. The molecule has 0 aliphatic carbocycles. The van der Waals surface area contributed by atoms with Gasteiger partial charge in [-0.1, -0.05) is 29.8 Å². The van der Waals surface area contributed by atoms with Crippen LogP contribution in [0.5, 0.6) is 0 Å². The fourth-order valence-corrected chi connectivity index (χ4v) is 0.998. The van der Waals surface area contributed by atoms with Gasteiger partial charge < -0.3 is 14.5 Å². The second kappa shape index (κ2) is 6.29. The normalized spacial score (nSPS) is 9.00. The van der Waals surface area contributed by atoms with Crippen molar-refractivity contribution < 1.29 is 14.5 Å². The Morgan fingerprint density at radius 1 is 1.00 bits per heavy atom. The zero-order valence-electron chi connectivity index (χ0n) is 7.88. The van der Waals surface area contributed by atoms with Gasteiger partial charge in [-0.15, -0.1) is 0 Å². The minimum atomic E-state index is -1.48. The van der Waals surface area contributed by atoms with Crippen molar-refractivity contribution >= 4 is 24.4 Å². The molecule has 3 nitrogen and oxygen atoms in total. The summed E-state index contributed by atoms with van der Waals surface area (Å²) < 4.78 is 4.59. The lowest BCUT2D eigenvalue weighted by atomic mass is 9.88. The molecule has 0 aliphatic rings. The van der Waals surface area contributed by atoms with Gasteiger partial charge >= 0.3 is 7.12 Å². The van der Waals surface area contributed by atoms with Crippen molar-refractivity contribution in [2.75, 3.05) is 0 Å². The van der Waals surface area contributed by atoms with E-state index in [9.17, 15) is 0 Å². The van der Waals surface area contributed by atoms with E-state index in [1.165, 1.54) is 12.3 Å². The fourth-order valence-electron chi connectivity index (χ4n) is 0.853. The van der Waals surface area contributed by atoms with Gasteiger partial charge in [0.25, 0.3) is 0 Å². The molecule has 2 N–H and O–H groups in total. The number of benzene rings is 1. The summed E-state index contributed by atoms with van der Waals surface area (Å²) in [5.74, 6) is 0. The molecule has 0 unspecified atom stereocenters. The van der Waals surface area contributed by atoms with Crippen LogP contribution in [0.4, 0.5) is 0 Å². The van der Waals surface area contributed by atoms with E-state index < -0.39 is 7.12 Å². The van der Waals surface area contributed by atoms with Gasteiger partial charge in [0.05, 0.1) is 6.26 Å². The minimum Gasteiger partial charge on any atom is -0.473 e. The lowest BCUT2D eigenvalue weighted by molar-refractivity contribution is 0.409. The van der Waals surface area contributed by atoms with Gasteiger partial charge in [0, 0.05) is 5.02 Å². The molecular formula is C10H10BClO3. The quantitative estimate of drug-likeness (QED) is 0.718. The summed E-state index contributed by atoms with van der Waals surface area (Å²) in [6.45, 7) is 0.